The van der Waals surface area contributed by atoms with E-state index in [0.717, 1.165) is 15.7 Å². The van der Waals surface area contributed by atoms with Crippen molar-refractivity contribution in [2.24, 2.45) is 0 Å². The zero-order valence-electron chi connectivity index (χ0n) is 10.9. The molecule has 2 N–H and O–H groups in total. The third-order valence-corrected chi connectivity index (χ3v) is 4.09. The summed E-state index contributed by atoms with van der Waals surface area (Å²) in [6.07, 6.45) is 0. The minimum absolute atomic E-state index is 0.0794. The number of halogens is 2. The molecule has 0 aliphatic heterocycles. The molecule has 1 amide bonds. The minimum Gasteiger partial charge on any atom is -0.381 e. The van der Waals surface area contributed by atoms with E-state index < -0.39 is 0 Å². The van der Waals surface area contributed by atoms with Crippen molar-refractivity contribution < 1.29 is 4.79 Å². The highest BCUT2D eigenvalue weighted by molar-refractivity contribution is 9.10. The van der Waals surface area contributed by atoms with Gasteiger partial charge in [0.2, 0.25) is 0 Å². The van der Waals surface area contributed by atoms with Gasteiger partial charge < -0.3 is 10.6 Å². The molecule has 0 aliphatic rings. The van der Waals surface area contributed by atoms with Gasteiger partial charge in [-0.2, -0.15) is 0 Å². The molecule has 0 aromatic heterocycles. The molecule has 0 saturated heterocycles. The molecule has 0 heterocycles. The largest absolute Gasteiger partial charge is 0.381 e. The van der Waals surface area contributed by atoms with E-state index in [9.17, 15) is 4.79 Å². The Morgan fingerprint density at radius 2 is 1.90 bits per heavy atom. The fraction of sp³-hybridized carbons (Fsp3) is 0.133. The van der Waals surface area contributed by atoms with Crippen LogP contribution in [0.5, 0.6) is 0 Å². The SMILES string of the molecule is CNC(=O)c1ccc(CNc2ccc(Br)c(Cl)c2)cc1. The number of anilines is 1. The van der Waals surface area contributed by atoms with Crippen LogP contribution < -0.4 is 10.6 Å². The number of nitrogens with one attached hydrogen (secondary N) is 2. The quantitative estimate of drug-likeness (QED) is 0.870. The highest BCUT2D eigenvalue weighted by Crippen LogP contribution is 2.25. The predicted octanol–water partition coefficient (Wildman–Crippen LogP) is 4.07. The molecular formula is C15H14BrClN2O. The standard InChI is InChI=1S/C15H14BrClN2O/c1-18-15(20)11-4-2-10(3-5-11)9-19-12-6-7-13(16)14(17)8-12/h2-8,19H,9H2,1H3,(H,18,20). The summed E-state index contributed by atoms with van der Waals surface area (Å²) in [4.78, 5) is 11.4. The van der Waals surface area contributed by atoms with Crippen molar-refractivity contribution in [1.29, 1.82) is 0 Å². The van der Waals surface area contributed by atoms with Crippen molar-refractivity contribution >= 4 is 39.1 Å². The molecule has 0 atom stereocenters. The second-order valence-corrected chi connectivity index (χ2v) is 5.52. The first kappa shape index (κ1) is 14.9. The maximum absolute atomic E-state index is 11.4. The summed E-state index contributed by atoms with van der Waals surface area (Å²) in [7, 11) is 1.62. The van der Waals surface area contributed by atoms with E-state index in [1.54, 1.807) is 7.05 Å². The van der Waals surface area contributed by atoms with Crippen molar-refractivity contribution in [3.63, 3.8) is 0 Å². The van der Waals surface area contributed by atoms with Crippen molar-refractivity contribution in [2.75, 3.05) is 12.4 Å². The van der Waals surface area contributed by atoms with Gasteiger partial charge in [0, 0.05) is 29.3 Å². The summed E-state index contributed by atoms with van der Waals surface area (Å²) in [5.41, 5.74) is 2.70. The number of amides is 1. The van der Waals surface area contributed by atoms with Crippen molar-refractivity contribution in [2.45, 2.75) is 6.54 Å². The maximum atomic E-state index is 11.4. The van der Waals surface area contributed by atoms with Crippen LogP contribution in [0.1, 0.15) is 15.9 Å². The summed E-state index contributed by atoms with van der Waals surface area (Å²) >= 11 is 9.39. The second kappa shape index (κ2) is 6.77. The lowest BCUT2D eigenvalue weighted by molar-refractivity contribution is 0.0963. The predicted molar refractivity (Wildman–Crippen MR) is 86.3 cm³/mol. The summed E-state index contributed by atoms with van der Waals surface area (Å²) in [6.45, 7) is 0.673. The lowest BCUT2D eigenvalue weighted by Crippen LogP contribution is -2.17. The Morgan fingerprint density at radius 1 is 1.20 bits per heavy atom. The highest BCUT2D eigenvalue weighted by atomic mass is 79.9. The van der Waals surface area contributed by atoms with E-state index in [-0.39, 0.29) is 5.91 Å². The first-order valence-corrected chi connectivity index (χ1v) is 7.27. The van der Waals surface area contributed by atoms with Crippen LogP contribution in [0, 0.1) is 0 Å². The summed E-state index contributed by atoms with van der Waals surface area (Å²) in [5.74, 6) is -0.0794. The fourth-order valence-corrected chi connectivity index (χ4v) is 2.16. The Bertz CT molecular complexity index is 614. The van der Waals surface area contributed by atoms with Crippen molar-refractivity contribution in [3.05, 3.63) is 63.1 Å². The topological polar surface area (TPSA) is 41.1 Å². The van der Waals surface area contributed by atoms with Gasteiger partial charge in [0.05, 0.1) is 5.02 Å². The molecule has 2 rings (SSSR count). The van der Waals surface area contributed by atoms with E-state index >= 15 is 0 Å². The number of rotatable bonds is 4. The monoisotopic (exact) mass is 352 g/mol. The molecule has 5 heteroatoms. The first-order chi connectivity index (χ1) is 9.60. The first-order valence-electron chi connectivity index (χ1n) is 6.10. The molecule has 20 heavy (non-hydrogen) atoms. The highest BCUT2D eigenvalue weighted by Gasteiger charge is 2.03. The summed E-state index contributed by atoms with van der Waals surface area (Å²) in [5, 5.41) is 6.55. The molecule has 0 spiro atoms. The van der Waals surface area contributed by atoms with Crippen LogP contribution in [-0.2, 0) is 6.54 Å². The number of hydrogen-bond acceptors (Lipinski definition) is 2. The minimum atomic E-state index is -0.0794. The molecule has 104 valence electrons. The van der Waals surface area contributed by atoms with Crippen LogP contribution in [0.25, 0.3) is 0 Å². The van der Waals surface area contributed by atoms with Crippen LogP contribution in [0.3, 0.4) is 0 Å². The van der Waals surface area contributed by atoms with Gasteiger partial charge in [-0.05, 0) is 51.8 Å². The Morgan fingerprint density at radius 3 is 2.50 bits per heavy atom. The third kappa shape index (κ3) is 3.74. The second-order valence-electron chi connectivity index (χ2n) is 4.26. The average molecular weight is 354 g/mol. The van der Waals surface area contributed by atoms with Crippen LogP contribution in [-0.4, -0.2) is 13.0 Å². The molecule has 0 bridgehead atoms. The number of carbonyl (C=O) groups excluding carboxylic acids is 1. The lowest BCUT2D eigenvalue weighted by atomic mass is 10.1. The van der Waals surface area contributed by atoms with Gasteiger partial charge in [-0.15, -0.1) is 0 Å². The number of hydrogen-bond donors (Lipinski definition) is 2. The van der Waals surface area contributed by atoms with E-state index in [2.05, 4.69) is 26.6 Å². The summed E-state index contributed by atoms with van der Waals surface area (Å²) in [6, 6.07) is 13.2. The van der Waals surface area contributed by atoms with E-state index in [1.165, 1.54) is 0 Å². The van der Waals surface area contributed by atoms with Gasteiger partial charge in [0.25, 0.3) is 5.91 Å². The van der Waals surface area contributed by atoms with E-state index in [4.69, 9.17) is 11.6 Å². The molecule has 0 saturated carbocycles. The lowest BCUT2D eigenvalue weighted by Gasteiger charge is -2.08. The van der Waals surface area contributed by atoms with Crippen molar-refractivity contribution in [1.82, 2.24) is 5.32 Å². The van der Waals surface area contributed by atoms with Crippen LogP contribution in [0.15, 0.2) is 46.9 Å². The van der Waals surface area contributed by atoms with Crippen LogP contribution in [0.4, 0.5) is 5.69 Å². The molecule has 2 aromatic rings. The van der Waals surface area contributed by atoms with Gasteiger partial charge in [-0.3, -0.25) is 4.79 Å². The molecule has 3 nitrogen and oxygen atoms in total. The van der Waals surface area contributed by atoms with E-state index in [0.29, 0.717) is 17.1 Å². The Hall–Kier alpha value is -1.52. The Kier molecular flexibility index (Phi) is 5.04. The average Bonchev–Trinajstić information content (AvgIpc) is 2.48. The van der Waals surface area contributed by atoms with Gasteiger partial charge in [-0.1, -0.05) is 23.7 Å². The van der Waals surface area contributed by atoms with Crippen LogP contribution >= 0.6 is 27.5 Å². The Labute approximate surface area is 131 Å². The smallest absolute Gasteiger partial charge is 0.251 e. The van der Waals surface area contributed by atoms with Gasteiger partial charge in [-0.25, -0.2) is 0 Å². The van der Waals surface area contributed by atoms with Gasteiger partial charge >= 0.3 is 0 Å². The zero-order valence-corrected chi connectivity index (χ0v) is 13.3. The van der Waals surface area contributed by atoms with Gasteiger partial charge in [0.1, 0.15) is 0 Å². The Balaban J connectivity index is 2.00. The maximum Gasteiger partial charge on any atom is 0.251 e. The molecule has 0 aliphatic carbocycles. The molecule has 0 radical (unpaired) electrons. The molecule has 2 aromatic carbocycles. The molecule has 0 fully saturated rings. The van der Waals surface area contributed by atoms with Crippen molar-refractivity contribution in [3.8, 4) is 0 Å². The summed E-state index contributed by atoms with van der Waals surface area (Å²) < 4.78 is 0.875. The third-order valence-electron chi connectivity index (χ3n) is 2.86. The zero-order chi connectivity index (χ0) is 14.5. The van der Waals surface area contributed by atoms with Gasteiger partial charge in [0.15, 0.2) is 0 Å². The number of carbonyl (C=O) groups is 1. The van der Waals surface area contributed by atoms with E-state index in [1.807, 2.05) is 42.5 Å². The normalized spacial score (nSPS) is 10.2. The molecular weight excluding hydrogens is 340 g/mol. The molecule has 0 unspecified atom stereocenters. The number of benzene rings is 2. The fourth-order valence-electron chi connectivity index (χ4n) is 1.73. The van der Waals surface area contributed by atoms with Crippen LogP contribution in [0.2, 0.25) is 5.02 Å².